The number of hydrogen-bond donors (Lipinski definition) is 1. The molecule has 0 aliphatic rings. The number of imidazole rings is 1. The summed E-state index contributed by atoms with van der Waals surface area (Å²) in [6, 6.07) is 7.68. The number of fused-ring (bicyclic) bond motifs is 2. The van der Waals surface area contributed by atoms with E-state index in [1.54, 1.807) is 4.68 Å². The van der Waals surface area contributed by atoms with E-state index >= 15 is 0 Å². The fraction of sp³-hybridized carbons (Fsp3) is 0.0833. The third kappa shape index (κ3) is 1.42. The summed E-state index contributed by atoms with van der Waals surface area (Å²) in [6.45, 7) is -0.0958. The van der Waals surface area contributed by atoms with E-state index in [-0.39, 0.29) is 6.61 Å². The molecule has 1 aromatic carbocycles. The zero-order chi connectivity index (χ0) is 12.8. The van der Waals surface area contributed by atoms with Gasteiger partial charge in [-0.1, -0.05) is 17.3 Å². The molecule has 3 aromatic heterocycles. The van der Waals surface area contributed by atoms with Gasteiger partial charge in [0.05, 0.1) is 17.8 Å². The molecule has 0 atom stereocenters. The van der Waals surface area contributed by atoms with Gasteiger partial charge in [0.2, 0.25) is 0 Å². The number of thiazole rings is 1. The fourth-order valence-corrected chi connectivity index (χ4v) is 2.89. The number of para-hydroxylation sites is 1. The van der Waals surface area contributed by atoms with Gasteiger partial charge < -0.3 is 5.11 Å². The van der Waals surface area contributed by atoms with E-state index in [0.717, 1.165) is 16.0 Å². The number of hydrogen-bond acceptors (Lipinski definition) is 5. The van der Waals surface area contributed by atoms with Crippen LogP contribution in [0, 0.1) is 0 Å². The maximum atomic E-state index is 9.58. The molecular formula is C12H9N5OS. The van der Waals surface area contributed by atoms with Gasteiger partial charge >= 0.3 is 0 Å². The van der Waals surface area contributed by atoms with Gasteiger partial charge in [-0.2, -0.15) is 9.67 Å². The fourth-order valence-electron chi connectivity index (χ4n) is 2.16. The molecule has 0 aliphatic carbocycles. The predicted octanol–water partition coefficient (Wildman–Crippen LogP) is 1.62. The van der Waals surface area contributed by atoms with Gasteiger partial charge in [-0.25, -0.2) is 0 Å². The highest BCUT2D eigenvalue weighted by Crippen LogP contribution is 2.22. The summed E-state index contributed by atoms with van der Waals surface area (Å²) in [7, 11) is 0. The van der Waals surface area contributed by atoms with E-state index in [0.29, 0.717) is 11.5 Å². The third-order valence-corrected chi connectivity index (χ3v) is 3.80. The summed E-state index contributed by atoms with van der Waals surface area (Å²) < 4.78 is 3.54. The highest BCUT2D eigenvalue weighted by atomic mass is 32.1. The molecule has 0 spiro atoms. The summed E-state index contributed by atoms with van der Waals surface area (Å²) in [5.41, 5.74) is 2.40. The second-order valence-corrected chi connectivity index (χ2v) is 4.96. The SMILES string of the molecule is OCc1c(-n2nnc3ccccc32)nc2sccn12. The van der Waals surface area contributed by atoms with Crippen molar-refractivity contribution in [2.45, 2.75) is 6.61 Å². The Labute approximate surface area is 111 Å². The van der Waals surface area contributed by atoms with Crippen LogP contribution in [0.15, 0.2) is 35.8 Å². The van der Waals surface area contributed by atoms with Crippen molar-refractivity contribution < 1.29 is 5.11 Å². The Hall–Kier alpha value is -2.25. The Morgan fingerprint density at radius 3 is 3.05 bits per heavy atom. The number of nitrogens with zero attached hydrogens (tertiary/aromatic N) is 5. The number of aromatic nitrogens is 5. The maximum Gasteiger partial charge on any atom is 0.196 e. The van der Waals surface area contributed by atoms with Crippen LogP contribution in [0.4, 0.5) is 0 Å². The summed E-state index contributed by atoms with van der Waals surface area (Å²) in [5.74, 6) is 0.628. The Balaban J connectivity index is 2.06. The van der Waals surface area contributed by atoms with E-state index in [9.17, 15) is 5.11 Å². The molecule has 0 radical (unpaired) electrons. The van der Waals surface area contributed by atoms with E-state index < -0.39 is 0 Å². The first-order valence-electron chi connectivity index (χ1n) is 5.74. The minimum Gasteiger partial charge on any atom is -0.390 e. The monoisotopic (exact) mass is 271 g/mol. The second kappa shape index (κ2) is 3.87. The lowest BCUT2D eigenvalue weighted by molar-refractivity contribution is 0.275. The van der Waals surface area contributed by atoms with Crippen molar-refractivity contribution in [1.29, 1.82) is 0 Å². The van der Waals surface area contributed by atoms with Crippen LogP contribution in [0.1, 0.15) is 5.69 Å². The smallest absolute Gasteiger partial charge is 0.196 e. The zero-order valence-corrected chi connectivity index (χ0v) is 10.6. The average Bonchev–Trinajstić information content (AvgIpc) is 3.11. The first-order valence-corrected chi connectivity index (χ1v) is 6.62. The molecule has 94 valence electrons. The van der Waals surface area contributed by atoms with Gasteiger partial charge in [0.1, 0.15) is 5.52 Å². The van der Waals surface area contributed by atoms with Crippen LogP contribution < -0.4 is 0 Å². The van der Waals surface area contributed by atoms with Gasteiger partial charge in [-0.05, 0) is 12.1 Å². The van der Waals surface area contributed by atoms with Gasteiger partial charge in [0.25, 0.3) is 0 Å². The summed E-state index contributed by atoms with van der Waals surface area (Å²) in [5, 5.41) is 19.8. The van der Waals surface area contributed by atoms with Gasteiger partial charge in [0.15, 0.2) is 10.8 Å². The van der Waals surface area contributed by atoms with Gasteiger partial charge in [-0.15, -0.1) is 16.4 Å². The van der Waals surface area contributed by atoms with E-state index in [1.165, 1.54) is 11.3 Å². The minimum atomic E-state index is -0.0958. The molecule has 1 N–H and O–H groups in total. The van der Waals surface area contributed by atoms with Crippen molar-refractivity contribution in [3.05, 3.63) is 41.5 Å². The Morgan fingerprint density at radius 1 is 1.26 bits per heavy atom. The molecule has 4 aromatic rings. The third-order valence-electron chi connectivity index (χ3n) is 3.04. The molecular weight excluding hydrogens is 262 g/mol. The molecule has 4 rings (SSSR count). The first-order chi connectivity index (χ1) is 9.38. The minimum absolute atomic E-state index is 0.0958. The normalized spacial score (nSPS) is 11.6. The lowest BCUT2D eigenvalue weighted by Gasteiger charge is -2.00. The van der Waals surface area contributed by atoms with E-state index in [4.69, 9.17) is 0 Å². The summed E-state index contributed by atoms with van der Waals surface area (Å²) in [4.78, 5) is 5.35. The molecule has 0 amide bonds. The van der Waals surface area contributed by atoms with Crippen LogP contribution in [0.25, 0.3) is 21.8 Å². The highest BCUT2D eigenvalue weighted by molar-refractivity contribution is 7.15. The lowest BCUT2D eigenvalue weighted by Crippen LogP contribution is -2.02. The van der Waals surface area contributed by atoms with Crippen molar-refractivity contribution in [3.8, 4) is 5.82 Å². The Kier molecular flexibility index (Phi) is 2.17. The maximum absolute atomic E-state index is 9.58. The quantitative estimate of drug-likeness (QED) is 0.601. The van der Waals surface area contributed by atoms with Crippen LogP contribution in [0.5, 0.6) is 0 Å². The molecule has 19 heavy (non-hydrogen) atoms. The Morgan fingerprint density at radius 2 is 2.16 bits per heavy atom. The molecule has 0 fully saturated rings. The zero-order valence-electron chi connectivity index (χ0n) is 9.76. The van der Waals surface area contributed by atoms with Crippen molar-refractivity contribution in [1.82, 2.24) is 24.4 Å². The van der Waals surface area contributed by atoms with Gasteiger partial charge in [0, 0.05) is 11.6 Å². The number of benzene rings is 1. The molecule has 0 unspecified atom stereocenters. The molecule has 7 heteroatoms. The van der Waals surface area contributed by atoms with Crippen LogP contribution in [0.3, 0.4) is 0 Å². The summed E-state index contributed by atoms with van der Waals surface area (Å²) in [6.07, 6.45) is 1.89. The molecule has 6 nitrogen and oxygen atoms in total. The topological polar surface area (TPSA) is 68.2 Å². The molecule has 3 heterocycles. The molecule has 0 saturated heterocycles. The largest absolute Gasteiger partial charge is 0.390 e. The van der Waals surface area contributed by atoms with E-state index in [1.807, 2.05) is 40.2 Å². The van der Waals surface area contributed by atoms with Gasteiger partial charge in [-0.3, -0.25) is 4.40 Å². The van der Waals surface area contributed by atoms with Crippen LogP contribution in [0.2, 0.25) is 0 Å². The van der Waals surface area contributed by atoms with Crippen LogP contribution >= 0.6 is 11.3 Å². The summed E-state index contributed by atoms with van der Waals surface area (Å²) >= 11 is 1.52. The first kappa shape index (κ1) is 10.7. The average molecular weight is 271 g/mol. The molecule has 0 bridgehead atoms. The van der Waals surface area contributed by atoms with Crippen molar-refractivity contribution in [2.24, 2.45) is 0 Å². The molecule has 0 saturated carbocycles. The van der Waals surface area contributed by atoms with E-state index in [2.05, 4.69) is 15.3 Å². The van der Waals surface area contributed by atoms with Crippen LogP contribution in [-0.4, -0.2) is 29.5 Å². The number of aliphatic hydroxyl groups is 1. The van der Waals surface area contributed by atoms with Crippen molar-refractivity contribution in [3.63, 3.8) is 0 Å². The standard InChI is InChI=1S/C12H9N5OS/c18-7-10-11(13-12-16(10)5-6-19-12)17-9-4-2-1-3-8(9)14-15-17/h1-6,18H,7H2. The van der Waals surface area contributed by atoms with Crippen LogP contribution in [-0.2, 0) is 6.61 Å². The highest BCUT2D eigenvalue weighted by Gasteiger charge is 2.16. The van der Waals surface area contributed by atoms with Crippen molar-refractivity contribution >= 4 is 27.3 Å². The second-order valence-electron chi connectivity index (χ2n) is 4.09. The number of aliphatic hydroxyl groups excluding tert-OH is 1. The van der Waals surface area contributed by atoms with Crippen molar-refractivity contribution in [2.75, 3.05) is 0 Å². The lowest BCUT2D eigenvalue weighted by atomic mass is 10.3. The molecule has 0 aliphatic heterocycles. The predicted molar refractivity (Wildman–Crippen MR) is 71.4 cm³/mol. The Bertz CT molecular complexity index is 875. The number of rotatable bonds is 2.